The molecular formula is C56H74F6N10O8. The molecule has 2 fully saturated rings. The van der Waals surface area contributed by atoms with Crippen molar-refractivity contribution >= 4 is 47.3 Å². The molecule has 2 aliphatic heterocycles. The van der Waals surface area contributed by atoms with Crippen LogP contribution in [0.1, 0.15) is 97.1 Å². The third-order valence-electron chi connectivity index (χ3n) is 14.5. The molecule has 8 amide bonds. The molecule has 24 heteroatoms. The summed E-state index contributed by atoms with van der Waals surface area (Å²) in [7, 11) is 3.12. The summed E-state index contributed by atoms with van der Waals surface area (Å²) in [6.07, 6.45) is -7.79. The first-order valence-corrected chi connectivity index (χ1v) is 27.0. The van der Waals surface area contributed by atoms with Crippen LogP contribution in [0, 0.1) is 0 Å². The number of rotatable bonds is 28. The van der Waals surface area contributed by atoms with Crippen molar-refractivity contribution < 1.29 is 64.7 Å². The number of hydrogen-bond donors (Lipinski definition) is 6. The van der Waals surface area contributed by atoms with Gasteiger partial charge in [0.1, 0.15) is 12.1 Å². The molecule has 0 aliphatic carbocycles. The van der Waals surface area contributed by atoms with Crippen LogP contribution in [0.3, 0.4) is 0 Å². The Hall–Kier alpha value is -7.08. The first-order chi connectivity index (χ1) is 38.0. The molecule has 0 bridgehead atoms. The summed E-state index contributed by atoms with van der Waals surface area (Å²) in [5.41, 5.74) is 1.88. The maximum atomic E-state index is 14.1. The van der Waals surface area contributed by atoms with E-state index in [0.717, 1.165) is 20.9 Å². The quantitative estimate of drug-likeness (QED) is 0.0451. The van der Waals surface area contributed by atoms with Crippen LogP contribution in [0.5, 0.6) is 0 Å². The van der Waals surface area contributed by atoms with E-state index in [-0.39, 0.29) is 102 Å². The Kier molecular flexibility index (Phi) is 24.3. The first-order valence-electron chi connectivity index (χ1n) is 27.0. The zero-order valence-corrected chi connectivity index (χ0v) is 45.6. The van der Waals surface area contributed by atoms with Gasteiger partial charge in [-0.1, -0.05) is 60.7 Å². The maximum absolute atomic E-state index is 14.1. The highest BCUT2D eigenvalue weighted by atomic mass is 19.4. The SMILES string of the molecule is CN[C@@H](C)C(=O)N[C@@H](CCCNC(=O)c1ccc(C(=O)NCCC[C@H](NC(=O)[C@H](C)NC)C(=O)N2CCC[C@H]2CN(CCc2ccccc2)C(=O)C(F)(F)F)cc1)C(=O)N1CCC[C@H]1CN(CCc1ccccc1)C(=O)C(F)(F)F. The van der Waals surface area contributed by atoms with Gasteiger partial charge in [-0.05, 0) is 128 Å². The molecule has 438 valence electrons. The van der Waals surface area contributed by atoms with Crippen molar-refractivity contribution in [2.45, 2.75) is 127 Å². The molecule has 0 spiro atoms. The maximum Gasteiger partial charge on any atom is 0.471 e. The molecule has 2 saturated heterocycles. The molecule has 0 aromatic heterocycles. The van der Waals surface area contributed by atoms with Crippen LogP contribution in [-0.4, -0.2) is 182 Å². The van der Waals surface area contributed by atoms with Gasteiger partial charge in [-0.15, -0.1) is 0 Å². The molecule has 0 saturated carbocycles. The first kappa shape index (κ1) is 63.7. The largest absolute Gasteiger partial charge is 0.471 e. The van der Waals surface area contributed by atoms with Gasteiger partial charge in [0.05, 0.1) is 12.1 Å². The number of benzene rings is 3. The molecule has 6 N–H and O–H groups in total. The molecule has 80 heavy (non-hydrogen) atoms. The summed E-state index contributed by atoms with van der Waals surface area (Å²) in [6, 6.07) is 18.1. The Bertz CT molecular complexity index is 2370. The highest BCUT2D eigenvalue weighted by Crippen LogP contribution is 2.27. The van der Waals surface area contributed by atoms with Gasteiger partial charge in [-0.25, -0.2) is 0 Å². The minimum atomic E-state index is -5.13. The smallest absolute Gasteiger partial charge is 0.352 e. The van der Waals surface area contributed by atoms with E-state index < -0.39 is 95.9 Å². The second-order valence-electron chi connectivity index (χ2n) is 20.1. The van der Waals surface area contributed by atoms with Crippen molar-refractivity contribution in [1.29, 1.82) is 0 Å². The highest BCUT2D eigenvalue weighted by molar-refractivity contribution is 5.98. The van der Waals surface area contributed by atoms with Gasteiger partial charge >= 0.3 is 24.2 Å². The number of nitrogens with zero attached hydrogens (tertiary/aromatic N) is 4. The van der Waals surface area contributed by atoms with Crippen molar-refractivity contribution in [3.63, 3.8) is 0 Å². The van der Waals surface area contributed by atoms with Crippen molar-refractivity contribution in [2.24, 2.45) is 0 Å². The molecule has 3 aromatic rings. The van der Waals surface area contributed by atoms with E-state index in [4.69, 9.17) is 0 Å². The van der Waals surface area contributed by atoms with Gasteiger partial charge in [-0.3, -0.25) is 38.4 Å². The van der Waals surface area contributed by atoms with Gasteiger partial charge in [0, 0.05) is 75.6 Å². The van der Waals surface area contributed by atoms with Crippen molar-refractivity contribution in [1.82, 2.24) is 51.5 Å². The lowest BCUT2D eigenvalue weighted by molar-refractivity contribution is -0.186. The van der Waals surface area contributed by atoms with E-state index in [1.54, 1.807) is 88.6 Å². The Morgan fingerprint density at radius 3 is 1.23 bits per heavy atom. The summed E-state index contributed by atoms with van der Waals surface area (Å²) in [4.78, 5) is 110. The van der Waals surface area contributed by atoms with Crippen LogP contribution in [0.4, 0.5) is 26.3 Å². The van der Waals surface area contributed by atoms with Gasteiger partial charge < -0.3 is 51.5 Å². The van der Waals surface area contributed by atoms with Crippen LogP contribution < -0.4 is 31.9 Å². The number of amides is 8. The summed E-state index contributed by atoms with van der Waals surface area (Å²) < 4.78 is 82.7. The average molecular weight is 1130 g/mol. The van der Waals surface area contributed by atoms with Crippen molar-refractivity contribution in [3.8, 4) is 0 Å². The van der Waals surface area contributed by atoms with E-state index in [2.05, 4.69) is 31.9 Å². The summed E-state index contributed by atoms with van der Waals surface area (Å²) in [5.74, 6) is -7.06. The monoisotopic (exact) mass is 1130 g/mol. The summed E-state index contributed by atoms with van der Waals surface area (Å²) in [5, 5.41) is 16.6. The number of carbonyl (C=O) groups excluding carboxylic acids is 8. The Morgan fingerprint density at radius 2 is 0.900 bits per heavy atom. The Labute approximate surface area is 462 Å². The highest BCUT2D eigenvalue weighted by Gasteiger charge is 2.46. The lowest BCUT2D eigenvalue weighted by Crippen LogP contribution is -2.55. The van der Waals surface area contributed by atoms with Crippen molar-refractivity contribution in [2.75, 3.05) is 66.5 Å². The second-order valence-corrected chi connectivity index (χ2v) is 20.1. The lowest BCUT2D eigenvalue weighted by atomic mass is 10.1. The summed E-state index contributed by atoms with van der Waals surface area (Å²) >= 11 is 0. The van der Waals surface area contributed by atoms with Crippen LogP contribution >= 0.6 is 0 Å². The number of likely N-dealkylation sites (tertiary alicyclic amines) is 2. The van der Waals surface area contributed by atoms with Gasteiger partial charge in [0.25, 0.3) is 11.8 Å². The summed E-state index contributed by atoms with van der Waals surface area (Å²) in [6.45, 7) is 2.54. The molecule has 3 aromatic carbocycles. The minimum Gasteiger partial charge on any atom is -0.352 e. The van der Waals surface area contributed by atoms with E-state index >= 15 is 0 Å². The lowest BCUT2D eigenvalue weighted by Gasteiger charge is -2.33. The third-order valence-corrected chi connectivity index (χ3v) is 14.5. The van der Waals surface area contributed by atoms with Crippen LogP contribution in [0.2, 0.25) is 0 Å². The molecule has 2 heterocycles. The molecule has 2 aliphatic rings. The number of likely N-dealkylation sites (N-methyl/N-ethyl adjacent to an activating group) is 2. The number of carbonyl (C=O) groups is 8. The van der Waals surface area contributed by atoms with Crippen LogP contribution in [-0.2, 0) is 41.6 Å². The predicted octanol–water partition coefficient (Wildman–Crippen LogP) is 4.14. The standard InChI is InChI=1S/C56H74F6N10O8/c1-37(63-3)47(73)67-45(51(77)71-31-13-19-43(71)35-69(53(79)55(57,58)59)33-27-39-15-7-5-8-16-39)21-11-29-65-49(75)41-23-25-42(26-24-41)50(76)66-30-12-22-46(68-48(74)38(2)64-4)52(78)72-32-14-20-44(72)36-70(54(80)56(60,61)62)34-28-40-17-9-6-10-18-40/h5-10,15-18,23-26,37-38,43-46,63-64H,11-14,19-22,27-36H2,1-4H3,(H,65,75)(H,66,76)(H,67,73)(H,68,74)/t37-,38-,43-,44-,45-,46-/m0/s1. The Morgan fingerprint density at radius 1 is 0.550 bits per heavy atom. The fraction of sp³-hybridized carbons (Fsp3) is 0.536. The van der Waals surface area contributed by atoms with E-state index in [9.17, 15) is 64.7 Å². The fourth-order valence-corrected chi connectivity index (χ4v) is 9.63. The predicted molar refractivity (Wildman–Crippen MR) is 286 cm³/mol. The zero-order chi connectivity index (χ0) is 58.6. The van der Waals surface area contributed by atoms with Gasteiger partial charge in [-0.2, -0.15) is 26.3 Å². The molecule has 6 atom stereocenters. The number of alkyl halides is 6. The zero-order valence-electron chi connectivity index (χ0n) is 45.6. The van der Waals surface area contributed by atoms with E-state index in [0.29, 0.717) is 25.7 Å². The molecule has 0 radical (unpaired) electrons. The van der Waals surface area contributed by atoms with Crippen molar-refractivity contribution in [3.05, 3.63) is 107 Å². The topological polar surface area (TPSA) is 222 Å². The van der Waals surface area contributed by atoms with E-state index in [1.807, 2.05) is 0 Å². The molecular weight excluding hydrogens is 1050 g/mol. The molecule has 0 unspecified atom stereocenters. The van der Waals surface area contributed by atoms with Gasteiger partial charge in [0.15, 0.2) is 0 Å². The van der Waals surface area contributed by atoms with Crippen LogP contribution in [0.15, 0.2) is 84.9 Å². The number of halogens is 6. The fourth-order valence-electron chi connectivity index (χ4n) is 9.63. The molecule has 5 rings (SSSR count). The molecule has 18 nitrogen and oxygen atoms in total. The number of nitrogens with one attached hydrogen (secondary N) is 6. The third kappa shape index (κ3) is 19.0. The van der Waals surface area contributed by atoms with E-state index in [1.165, 1.54) is 34.1 Å². The van der Waals surface area contributed by atoms with Gasteiger partial charge in [0.2, 0.25) is 23.6 Å². The number of hydrogen-bond acceptors (Lipinski definition) is 10. The van der Waals surface area contributed by atoms with Crippen LogP contribution in [0.25, 0.3) is 0 Å². The normalized spacial score (nSPS) is 16.9. The second kappa shape index (κ2) is 30.5. The Balaban J connectivity index is 1.14. The average Bonchev–Trinajstić information content (AvgIpc) is 4.13. The minimum absolute atomic E-state index is 0.0553.